The second-order valence-electron chi connectivity index (χ2n) is 16.0. The van der Waals surface area contributed by atoms with E-state index in [-0.39, 0.29) is 17.4 Å². The number of carboxylic acids is 1. The number of hydrogen-bond acceptors (Lipinski definition) is 13. The smallest absolute Gasteiger partial charge is 0.355 e. The zero-order chi connectivity index (χ0) is 40.9. The van der Waals surface area contributed by atoms with Crippen molar-refractivity contribution in [2.24, 2.45) is 15.9 Å². The van der Waals surface area contributed by atoms with Crippen molar-refractivity contribution in [3.8, 4) is 17.2 Å². The molecule has 1 amide bonds. The van der Waals surface area contributed by atoms with Crippen molar-refractivity contribution in [1.82, 2.24) is 0 Å². The predicted octanol–water partition coefficient (Wildman–Crippen LogP) is 2.68. The molecule has 0 unspecified atom stereocenters. The van der Waals surface area contributed by atoms with Gasteiger partial charge in [-0.1, -0.05) is 43.2 Å². The molecule has 3 aliphatic heterocycles. The van der Waals surface area contributed by atoms with Crippen LogP contribution in [0.3, 0.4) is 0 Å². The molecular weight excluding hydrogens is 750 g/mol. The van der Waals surface area contributed by atoms with E-state index < -0.39 is 77.7 Å². The molecule has 3 aromatic rings. The fourth-order valence-electron chi connectivity index (χ4n) is 9.91. The summed E-state index contributed by atoms with van der Waals surface area (Å²) in [7, 11) is 0. The summed E-state index contributed by atoms with van der Waals surface area (Å²) in [5.41, 5.74) is 4.17. The third kappa shape index (κ3) is 6.95. The number of anilines is 1. The first-order chi connectivity index (χ1) is 27.8. The van der Waals surface area contributed by atoms with Gasteiger partial charge in [0.15, 0.2) is 17.6 Å². The molecule has 15 nitrogen and oxygen atoms in total. The summed E-state index contributed by atoms with van der Waals surface area (Å²) in [6.07, 6.45) is 2.95. The average Bonchev–Trinajstić information content (AvgIpc) is 3.84. The number of carbonyl (C=O) groups excluding carboxylic acids is 1. The van der Waals surface area contributed by atoms with Crippen LogP contribution >= 0.6 is 0 Å². The number of carbonyl (C=O) groups is 2. The van der Waals surface area contributed by atoms with Gasteiger partial charge in [0.2, 0.25) is 0 Å². The fraction of sp³-hybridized carbons (Fsp3) is 0.442. The van der Waals surface area contributed by atoms with Crippen molar-refractivity contribution in [1.29, 1.82) is 0 Å². The van der Waals surface area contributed by atoms with Gasteiger partial charge in [-0.3, -0.25) is 19.7 Å². The van der Waals surface area contributed by atoms with Gasteiger partial charge < -0.3 is 50.3 Å². The van der Waals surface area contributed by atoms with E-state index in [0.29, 0.717) is 41.9 Å². The van der Waals surface area contributed by atoms with Gasteiger partial charge >= 0.3 is 11.9 Å². The molecule has 8 N–H and O–H groups in total. The van der Waals surface area contributed by atoms with Gasteiger partial charge in [0.25, 0.3) is 5.91 Å². The Balaban J connectivity index is 1.21. The number of amides is 1. The zero-order valence-electron chi connectivity index (χ0n) is 31.6. The van der Waals surface area contributed by atoms with E-state index in [2.05, 4.69) is 22.1 Å². The van der Waals surface area contributed by atoms with E-state index in [4.69, 9.17) is 9.47 Å². The van der Waals surface area contributed by atoms with E-state index in [1.165, 1.54) is 41.5 Å². The molecule has 0 aromatic heterocycles. The minimum absolute atomic E-state index is 0.0341. The van der Waals surface area contributed by atoms with Crippen LogP contribution in [-0.2, 0) is 32.6 Å². The molecule has 5 aliphatic rings. The van der Waals surface area contributed by atoms with Crippen LogP contribution in [0.2, 0.25) is 0 Å². The van der Waals surface area contributed by atoms with E-state index in [9.17, 15) is 50.4 Å². The molecule has 1 saturated carbocycles. The first-order valence-electron chi connectivity index (χ1n) is 19.6. The van der Waals surface area contributed by atoms with Gasteiger partial charge in [-0.05, 0) is 90.0 Å². The van der Waals surface area contributed by atoms with Gasteiger partial charge in [-0.15, -0.1) is 0 Å². The van der Waals surface area contributed by atoms with E-state index >= 15 is 0 Å². The van der Waals surface area contributed by atoms with Crippen LogP contribution in [0.1, 0.15) is 72.3 Å². The number of aliphatic imine (C=N–C) groups is 2. The lowest BCUT2D eigenvalue weighted by molar-refractivity contribution is -0.422. The largest absolute Gasteiger partial charge is 0.508 e. The van der Waals surface area contributed by atoms with Crippen LogP contribution in [0, 0.1) is 5.92 Å². The van der Waals surface area contributed by atoms with Crippen LogP contribution in [0.25, 0.3) is 6.08 Å². The highest BCUT2D eigenvalue weighted by Gasteiger charge is 2.57. The van der Waals surface area contributed by atoms with Crippen LogP contribution in [0.15, 0.2) is 70.7 Å². The van der Waals surface area contributed by atoms with Gasteiger partial charge in [-0.2, -0.15) is 0 Å². The maximum Gasteiger partial charge on any atom is 0.355 e. The summed E-state index contributed by atoms with van der Waals surface area (Å²) < 4.78 is 10.9. The number of aromatic hydroxyl groups is 2. The Hall–Kier alpha value is -5.16. The first kappa shape index (κ1) is 39.7. The summed E-state index contributed by atoms with van der Waals surface area (Å²) in [4.78, 5) is 37.5. The monoisotopic (exact) mass is 797 g/mol. The van der Waals surface area contributed by atoms with E-state index in [0.717, 1.165) is 43.4 Å². The highest BCUT2D eigenvalue weighted by atomic mass is 16.8. The lowest BCUT2D eigenvalue weighted by Gasteiger charge is -2.50. The summed E-state index contributed by atoms with van der Waals surface area (Å²) in [5, 5.41) is 85.5. The molecule has 15 heteroatoms. The molecule has 0 spiro atoms. The number of aliphatic hydroxyl groups is 5. The Kier molecular flexibility index (Phi) is 10.6. The third-order valence-corrected chi connectivity index (χ3v) is 12.7. The standard InChI is InChI=1S/C43H47N3O12/c47-21-35-38(51)39(52)40(53)43(56,58-35)57-34-18-31-28(17-33(34)49)29(19-42-14-4-3-6-26(42)11-10-24-5-1-2-7-30(24)42)37(41(54)55)46(31)36(50)13-9-23-8-12-32(48)25(15-23)16-27-20-44-22-45-27/h1-2,5,7-9,12-13,15,17-18,20,26,29,35,37-40,47-49,51-53,56H,3-4,6,10-11,14,16,19,21-22H2,(H,54,55)/t26-,29+,35+,37+,38+,39-,40+,42+,43+/m0/s1. The number of phenolic OH excluding ortho intramolecular Hbond substituents is 2. The quantitative estimate of drug-likeness (QED) is 0.109. The minimum atomic E-state index is -3.09. The molecule has 3 aromatic carbocycles. The molecule has 306 valence electrons. The molecule has 58 heavy (non-hydrogen) atoms. The van der Waals surface area contributed by atoms with Crippen molar-refractivity contribution < 1.29 is 59.9 Å². The topological polar surface area (TPSA) is 242 Å². The maximum atomic E-state index is 14.5. The van der Waals surface area contributed by atoms with Crippen LogP contribution in [-0.4, -0.2) is 114 Å². The Bertz CT molecular complexity index is 2190. The summed E-state index contributed by atoms with van der Waals surface area (Å²) in [5.74, 6) is -6.74. The minimum Gasteiger partial charge on any atom is -0.508 e. The number of aryl methyl sites for hydroxylation is 1. The maximum absolute atomic E-state index is 14.5. The van der Waals surface area contributed by atoms with E-state index in [1.807, 2.05) is 12.1 Å². The first-order valence-corrected chi connectivity index (χ1v) is 19.6. The second kappa shape index (κ2) is 15.5. The number of rotatable bonds is 10. The molecule has 8 rings (SSSR count). The zero-order valence-corrected chi connectivity index (χ0v) is 31.6. The van der Waals surface area contributed by atoms with Crippen molar-refractivity contribution in [2.45, 2.75) is 99.1 Å². The molecule has 2 fully saturated rings. The molecule has 1 saturated heterocycles. The Morgan fingerprint density at radius 2 is 1.81 bits per heavy atom. The normalized spacial score (nSPS) is 31.4. The highest BCUT2D eigenvalue weighted by Crippen LogP contribution is 2.58. The van der Waals surface area contributed by atoms with Crippen LogP contribution in [0.4, 0.5) is 5.69 Å². The summed E-state index contributed by atoms with van der Waals surface area (Å²) in [6.45, 7) is -0.562. The Labute approximate surface area is 333 Å². The van der Waals surface area contributed by atoms with Gasteiger partial charge in [0.05, 0.1) is 18.0 Å². The Morgan fingerprint density at radius 1 is 1.00 bits per heavy atom. The molecule has 3 heterocycles. The van der Waals surface area contributed by atoms with Crippen molar-refractivity contribution in [3.05, 3.63) is 88.5 Å². The van der Waals surface area contributed by atoms with Crippen LogP contribution < -0.4 is 9.64 Å². The van der Waals surface area contributed by atoms with Crippen molar-refractivity contribution in [3.63, 3.8) is 0 Å². The summed E-state index contributed by atoms with van der Waals surface area (Å²) in [6, 6.07) is 14.1. The molecule has 2 aliphatic carbocycles. The van der Waals surface area contributed by atoms with Crippen LogP contribution in [0.5, 0.6) is 17.2 Å². The van der Waals surface area contributed by atoms with Crippen molar-refractivity contribution in [2.75, 3.05) is 18.2 Å². The Morgan fingerprint density at radius 3 is 2.57 bits per heavy atom. The van der Waals surface area contributed by atoms with E-state index in [1.54, 1.807) is 18.3 Å². The lowest BCUT2D eigenvalue weighted by Crippen LogP contribution is -2.67. The molecule has 9 atom stereocenters. The SMILES string of the molecule is O=C(O)[C@H]1[C@H](C[C@]23CCCC[C@H]2CCc2ccccc23)c2cc(O)c(O[C@@]3(O)O[C@H](CO)[C@@H](O)[C@H](O)[C@H]3O)cc2N1C(=O)C=Cc1ccc(O)c(CC2=NCN=C2)c1. The predicted molar refractivity (Wildman–Crippen MR) is 210 cm³/mol. The number of phenols is 2. The number of aliphatic hydroxyl groups excluding tert-OH is 4. The van der Waals surface area contributed by atoms with Gasteiger partial charge in [-0.25, -0.2) is 4.79 Å². The number of nitrogens with zero attached hydrogens (tertiary/aromatic N) is 3. The number of fused-ring (bicyclic) bond motifs is 4. The number of hydrogen-bond donors (Lipinski definition) is 8. The second-order valence-corrected chi connectivity index (χ2v) is 16.0. The number of benzene rings is 3. The average molecular weight is 798 g/mol. The lowest BCUT2D eigenvalue weighted by atomic mass is 9.54. The number of ether oxygens (including phenoxy) is 2. The third-order valence-electron chi connectivity index (χ3n) is 12.7. The highest BCUT2D eigenvalue weighted by molar-refractivity contribution is 6.32. The number of aliphatic carboxylic acids is 1. The van der Waals surface area contributed by atoms with Crippen molar-refractivity contribution >= 4 is 35.6 Å². The number of carboxylic acid groups (broad SMARTS) is 1. The molecule has 0 radical (unpaired) electrons. The summed E-state index contributed by atoms with van der Waals surface area (Å²) >= 11 is 0. The fourth-order valence-corrected chi connectivity index (χ4v) is 9.91. The van der Waals surface area contributed by atoms with Gasteiger partial charge in [0, 0.05) is 36.3 Å². The molecule has 0 bridgehead atoms. The molecular formula is C43H47N3O12. The van der Waals surface area contributed by atoms with Gasteiger partial charge in [0.1, 0.15) is 36.8 Å².